The van der Waals surface area contributed by atoms with Crippen LogP contribution in [0.5, 0.6) is 5.75 Å². The number of aryl methyl sites for hydroxylation is 3. The van der Waals surface area contributed by atoms with Crippen LogP contribution in [-0.4, -0.2) is 15.5 Å². The Balaban J connectivity index is 1.43. The number of benzene rings is 2. The van der Waals surface area contributed by atoms with Gasteiger partial charge in [-0.05, 0) is 60.7 Å². The summed E-state index contributed by atoms with van der Waals surface area (Å²) in [6, 6.07) is 15.7. The highest BCUT2D eigenvalue weighted by atomic mass is 32.1. The average molecular weight is 391 g/mol. The van der Waals surface area contributed by atoms with Crippen LogP contribution in [0.3, 0.4) is 0 Å². The number of thiophene rings is 1. The normalized spacial score (nSPS) is 11.0. The average Bonchev–Trinajstić information content (AvgIpc) is 3.28. The van der Waals surface area contributed by atoms with Gasteiger partial charge in [-0.1, -0.05) is 18.2 Å². The van der Waals surface area contributed by atoms with Crippen molar-refractivity contribution in [3.05, 3.63) is 75.5 Å². The number of rotatable bonds is 5. The molecule has 2 aromatic carbocycles. The molecule has 4 rings (SSSR count). The van der Waals surface area contributed by atoms with Gasteiger partial charge in [0.15, 0.2) is 0 Å². The fraction of sp³-hybridized carbons (Fsp3) is 0.182. The van der Waals surface area contributed by atoms with E-state index in [2.05, 4.69) is 24.1 Å². The zero-order valence-electron chi connectivity index (χ0n) is 16.0. The predicted molar refractivity (Wildman–Crippen MR) is 113 cm³/mol. The van der Waals surface area contributed by atoms with E-state index in [0.29, 0.717) is 17.4 Å². The predicted octanol–water partition coefficient (Wildman–Crippen LogP) is 5.08. The number of hydrogen-bond acceptors (Lipinski definition) is 4. The molecule has 28 heavy (non-hydrogen) atoms. The first-order valence-electron chi connectivity index (χ1n) is 9.01. The number of hydrogen-bond donors (Lipinski definition) is 1. The second-order valence-corrected chi connectivity index (χ2v) is 7.70. The van der Waals surface area contributed by atoms with Crippen molar-refractivity contribution in [2.75, 3.05) is 5.32 Å². The Morgan fingerprint density at radius 3 is 2.75 bits per heavy atom. The number of nitrogens with one attached hydrogen (secondary N) is 1. The quantitative estimate of drug-likeness (QED) is 0.516. The van der Waals surface area contributed by atoms with Crippen LogP contribution in [0, 0.1) is 13.8 Å². The maximum Gasteiger partial charge on any atom is 0.268 e. The van der Waals surface area contributed by atoms with Crippen molar-refractivity contribution in [1.29, 1.82) is 0 Å². The molecule has 2 heterocycles. The Hall–Kier alpha value is -3.12. The van der Waals surface area contributed by atoms with Crippen molar-refractivity contribution in [2.45, 2.75) is 20.5 Å². The molecular weight excluding hydrogens is 370 g/mol. The third-order valence-electron chi connectivity index (χ3n) is 4.77. The van der Waals surface area contributed by atoms with Crippen LogP contribution < -0.4 is 10.1 Å². The maximum atomic E-state index is 12.6. The van der Waals surface area contributed by atoms with Crippen LogP contribution in [0.4, 0.5) is 5.95 Å². The second kappa shape index (κ2) is 7.48. The van der Waals surface area contributed by atoms with E-state index >= 15 is 0 Å². The van der Waals surface area contributed by atoms with Gasteiger partial charge in [0.05, 0.1) is 15.9 Å². The van der Waals surface area contributed by atoms with E-state index < -0.39 is 0 Å². The number of carbonyl (C=O) groups excluding carboxylic acids is 1. The third-order valence-corrected chi connectivity index (χ3v) is 5.75. The summed E-state index contributed by atoms with van der Waals surface area (Å²) in [6.07, 6.45) is 0. The molecular formula is C22H21N3O2S. The lowest BCUT2D eigenvalue weighted by Gasteiger charge is -2.07. The fourth-order valence-electron chi connectivity index (χ4n) is 2.96. The van der Waals surface area contributed by atoms with E-state index in [1.54, 1.807) is 0 Å². The number of para-hydroxylation sites is 2. The zero-order valence-corrected chi connectivity index (χ0v) is 16.8. The highest BCUT2D eigenvalue weighted by Crippen LogP contribution is 2.22. The van der Waals surface area contributed by atoms with Crippen LogP contribution in [0.15, 0.2) is 53.9 Å². The van der Waals surface area contributed by atoms with Crippen molar-refractivity contribution in [2.24, 2.45) is 7.05 Å². The van der Waals surface area contributed by atoms with Gasteiger partial charge >= 0.3 is 0 Å². The van der Waals surface area contributed by atoms with Crippen molar-refractivity contribution in [3.8, 4) is 5.75 Å². The summed E-state index contributed by atoms with van der Waals surface area (Å²) in [5.74, 6) is 1.20. The van der Waals surface area contributed by atoms with Crippen molar-refractivity contribution < 1.29 is 9.53 Å². The SMILES string of the molecule is Cc1ccc(OCc2csc(C(=O)Nc3nc4ccccc4n3C)c2)cc1C. The number of imidazole rings is 1. The lowest BCUT2D eigenvalue weighted by molar-refractivity contribution is 0.102. The summed E-state index contributed by atoms with van der Waals surface area (Å²) < 4.78 is 7.74. The molecule has 142 valence electrons. The van der Waals surface area contributed by atoms with Gasteiger partial charge in [0, 0.05) is 12.6 Å². The molecule has 2 aromatic heterocycles. The van der Waals surface area contributed by atoms with Gasteiger partial charge in [0.1, 0.15) is 12.4 Å². The molecule has 1 N–H and O–H groups in total. The van der Waals surface area contributed by atoms with Crippen LogP contribution >= 0.6 is 11.3 Å². The van der Waals surface area contributed by atoms with Crippen LogP contribution in [0.2, 0.25) is 0 Å². The summed E-state index contributed by atoms with van der Waals surface area (Å²) in [5, 5.41) is 4.85. The topological polar surface area (TPSA) is 56.1 Å². The Bertz CT molecular complexity index is 1160. The number of aromatic nitrogens is 2. The monoisotopic (exact) mass is 391 g/mol. The van der Waals surface area contributed by atoms with Gasteiger partial charge in [-0.25, -0.2) is 4.98 Å². The molecule has 0 fully saturated rings. The summed E-state index contributed by atoms with van der Waals surface area (Å²) in [6.45, 7) is 4.57. The van der Waals surface area contributed by atoms with E-state index in [-0.39, 0.29) is 5.91 Å². The van der Waals surface area contributed by atoms with Crippen LogP contribution in [0.1, 0.15) is 26.4 Å². The molecule has 4 aromatic rings. The van der Waals surface area contributed by atoms with Crippen molar-refractivity contribution in [3.63, 3.8) is 0 Å². The molecule has 1 amide bonds. The van der Waals surface area contributed by atoms with E-state index in [9.17, 15) is 4.79 Å². The van der Waals surface area contributed by atoms with Gasteiger partial charge < -0.3 is 9.30 Å². The first kappa shape index (κ1) is 18.3. The third kappa shape index (κ3) is 3.64. The van der Waals surface area contributed by atoms with E-state index in [0.717, 1.165) is 22.3 Å². The Labute approximate surface area is 167 Å². The van der Waals surface area contributed by atoms with E-state index in [1.165, 1.54) is 22.5 Å². The van der Waals surface area contributed by atoms with E-state index in [4.69, 9.17) is 4.74 Å². The smallest absolute Gasteiger partial charge is 0.268 e. The van der Waals surface area contributed by atoms with Crippen molar-refractivity contribution in [1.82, 2.24) is 9.55 Å². The first-order valence-corrected chi connectivity index (χ1v) is 9.89. The number of nitrogens with zero attached hydrogens (tertiary/aromatic N) is 2. The highest BCUT2D eigenvalue weighted by molar-refractivity contribution is 7.12. The summed E-state index contributed by atoms with van der Waals surface area (Å²) >= 11 is 1.40. The largest absolute Gasteiger partial charge is 0.489 e. The van der Waals surface area contributed by atoms with Gasteiger partial charge in [-0.2, -0.15) is 0 Å². The number of amides is 1. The minimum atomic E-state index is -0.166. The molecule has 0 atom stereocenters. The van der Waals surface area contributed by atoms with Gasteiger partial charge in [0.2, 0.25) is 5.95 Å². The Morgan fingerprint density at radius 1 is 1.14 bits per heavy atom. The van der Waals surface area contributed by atoms with Gasteiger partial charge in [0.25, 0.3) is 5.91 Å². The highest BCUT2D eigenvalue weighted by Gasteiger charge is 2.14. The standard InChI is InChI=1S/C22H21N3O2S/c1-14-8-9-17(10-15(14)2)27-12-16-11-20(28-13-16)21(26)24-22-23-18-6-4-5-7-19(18)25(22)3/h4-11,13H,12H2,1-3H3,(H,23,24,26). The molecule has 0 spiro atoms. The summed E-state index contributed by atoms with van der Waals surface area (Å²) in [5.41, 5.74) is 5.24. The molecule has 0 aliphatic carbocycles. The molecule has 0 radical (unpaired) electrons. The van der Waals surface area contributed by atoms with Gasteiger partial charge in [-0.15, -0.1) is 11.3 Å². The number of carbonyl (C=O) groups is 1. The lowest BCUT2D eigenvalue weighted by Crippen LogP contribution is -2.13. The number of anilines is 1. The molecule has 0 saturated carbocycles. The lowest BCUT2D eigenvalue weighted by atomic mass is 10.1. The minimum Gasteiger partial charge on any atom is -0.489 e. The fourth-order valence-corrected chi connectivity index (χ4v) is 3.75. The first-order chi connectivity index (χ1) is 13.5. The second-order valence-electron chi connectivity index (χ2n) is 6.79. The molecule has 5 nitrogen and oxygen atoms in total. The molecule has 6 heteroatoms. The Morgan fingerprint density at radius 2 is 1.96 bits per heavy atom. The maximum absolute atomic E-state index is 12.6. The zero-order chi connectivity index (χ0) is 19.7. The van der Waals surface area contributed by atoms with E-state index in [1.807, 2.05) is 65.5 Å². The van der Waals surface area contributed by atoms with Crippen molar-refractivity contribution >= 4 is 34.2 Å². The Kier molecular flexibility index (Phi) is 4.88. The molecule has 0 aliphatic heterocycles. The summed E-state index contributed by atoms with van der Waals surface area (Å²) in [4.78, 5) is 17.7. The molecule has 0 bridgehead atoms. The molecule has 0 saturated heterocycles. The van der Waals surface area contributed by atoms with Crippen LogP contribution in [0.25, 0.3) is 11.0 Å². The number of fused-ring (bicyclic) bond motifs is 1. The molecule has 0 aliphatic rings. The van der Waals surface area contributed by atoms with Gasteiger partial charge in [-0.3, -0.25) is 10.1 Å². The van der Waals surface area contributed by atoms with Crippen LogP contribution in [-0.2, 0) is 13.7 Å². The minimum absolute atomic E-state index is 0.166. The molecule has 0 unspecified atom stereocenters. The number of ether oxygens (including phenoxy) is 1. The summed E-state index contributed by atoms with van der Waals surface area (Å²) in [7, 11) is 1.89.